The van der Waals surface area contributed by atoms with Gasteiger partial charge in [-0.25, -0.2) is 9.18 Å². The van der Waals surface area contributed by atoms with Crippen LogP contribution in [0.15, 0.2) is 53.7 Å². The Morgan fingerprint density at radius 3 is 2.48 bits per heavy atom. The van der Waals surface area contributed by atoms with Crippen molar-refractivity contribution < 1.29 is 27.5 Å². The van der Waals surface area contributed by atoms with Crippen LogP contribution in [-0.2, 0) is 4.79 Å². The fourth-order valence-electron chi connectivity index (χ4n) is 3.06. The highest BCUT2D eigenvalue weighted by Gasteiger charge is 2.33. The standard InChI is InChI=1S/C20H18F3N3O3/c1-10-3-8-15(29-19(22)23)14(9-10)17-16(11(2)24-20(28)26-17)18(27)25-13-6-4-12(21)5-7-13/h3-9,17,19H,1-2H3,(H,25,27)(H2,24,26,28). The summed E-state index contributed by atoms with van der Waals surface area (Å²) in [6.07, 6.45) is 0. The summed E-state index contributed by atoms with van der Waals surface area (Å²) >= 11 is 0. The number of hydrogen-bond donors (Lipinski definition) is 3. The molecule has 0 saturated carbocycles. The molecule has 0 spiro atoms. The Labute approximate surface area is 164 Å². The number of alkyl halides is 2. The Kier molecular flexibility index (Phi) is 5.76. The molecule has 0 bridgehead atoms. The minimum atomic E-state index is -3.07. The molecular formula is C20H18F3N3O3. The average molecular weight is 405 g/mol. The number of carbonyl (C=O) groups excluding carboxylic acids is 2. The van der Waals surface area contributed by atoms with E-state index in [1.54, 1.807) is 19.1 Å². The minimum Gasteiger partial charge on any atom is -0.434 e. The van der Waals surface area contributed by atoms with Gasteiger partial charge in [0.2, 0.25) is 0 Å². The maximum Gasteiger partial charge on any atom is 0.387 e. The Morgan fingerprint density at radius 1 is 1.14 bits per heavy atom. The number of amides is 3. The van der Waals surface area contributed by atoms with Crippen LogP contribution < -0.4 is 20.7 Å². The number of aryl methyl sites for hydroxylation is 1. The van der Waals surface area contributed by atoms with Crippen molar-refractivity contribution in [3.05, 3.63) is 70.7 Å². The smallest absolute Gasteiger partial charge is 0.387 e. The average Bonchev–Trinajstić information content (AvgIpc) is 2.64. The third-order valence-electron chi connectivity index (χ3n) is 4.31. The number of ether oxygens (including phenoxy) is 1. The first-order valence-corrected chi connectivity index (χ1v) is 8.65. The lowest BCUT2D eigenvalue weighted by Crippen LogP contribution is -2.46. The molecule has 3 amide bonds. The molecule has 2 aromatic rings. The quantitative estimate of drug-likeness (QED) is 0.704. The maximum atomic E-state index is 13.1. The molecule has 1 aliphatic rings. The lowest BCUT2D eigenvalue weighted by atomic mass is 9.93. The molecule has 29 heavy (non-hydrogen) atoms. The number of allylic oxidation sites excluding steroid dienone is 1. The van der Waals surface area contributed by atoms with Crippen LogP contribution >= 0.6 is 0 Å². The third kappa shape index (κ3) is 4.68. The molecule has 0 fully saturated rings. The Morgan fingerprint density at radius 2 is 1.83 bits per heavy atom. The topological polar surface area (TPSA) is 79.5 Å². The second kappa shape index (κ2) is 8.26. The van der Waals surface area contributed by atoms with E-state index in [4.69, 9.17) is 0 Å². The number of benzene rings is 2. The zero-order chi connectivity index (χ0) is 21.1. The molecule has 0 radical (unpaired) electrons. The highest BCUT2D eigenvalue weighted by molar-refractivity contribution is 6.06. The largest absolute Gasteiger partial charge is 0.434 e. The van der Waals surface area contributed by atoms with E-state index in [2.05, 4.69) is 20.7 Å². The minimum absolute atomic E-state index is 0.110. The van der Waals surface area contributed by atoms with Gasteiger partial charge < -0.3 is 20.7 Å². The normalized spacial score (nSPS) is 16.3. The molecule has 1 aliphatic heterocycles. The molecule has 3 rings (SSSR count). The van der Waals surface area contributed by atoms with Crippen LogP contribution in [0.25, 0.3) is 0 Å². The van der Waals surface area contributed by atoms with Gasteiger partial charge in [-0.15, -0.1) is 0 Å². The highest BCUT2D eigenvalue weighted by atomic mass is 19.3. The number of hydrogen-bond acceptors (Lipinski definition) is 3. The zero-order valence-electron chi connectivity index (χ0n) is 15.6. The summed E-state index contributed by atoms with van der Waals surface area (Å²) in [7, 11) is 0. The molecule has 152 valence electrons. The van der Waals surface area contributed by atoms with E-state index >= 15 is 0 Å². The second-order valence-corrected chi connectivity index (χ2v) is 6.45. The fraction of sp³-hybridized carbons (Fsp3) is 0.200. The molecule has 0 aliphatic carbocycles. The van der Waals surface area contributed by atoms with Gasteiger partial charge in [-0.3, -0.25) is 4.79 Å². The lowest BCUT2D eigenvalue weighted by Gasteiger charge is -2.30. The van der Waals surface area contributed by atoms with Crippen LogP contribution in [0.2, 0.25) is 0 Å². The first-order valence-electron chi connectivity index (χ1n) is 8.65. The van der Waals surface area contributed by atoms with Crippen molar-refractivity contribution in [1.82, 2.24) is 10.6 Å². The van der Waals surface area contributed by atoms with Crippen molar-refractivity contribution in [2.75, 3.05) is 5.32 Å². The van der Waals surface area contributed by atoms with Gasteiger partial charge >= 0.3 is 12.6 Å². The van der Waals surface area contributed by atoms with Gasteiger partial charge in [0.05, 0.1) is 11.6 Å². The van der Waals surface area contributed by atoms with Crippen molar-refractivity contribution in [3.8, 4) is 5.75 Å². The molecule has 6 nitrogen and oxygen atoms in total. The van der Waals surface area contributed by atoms with E-state index in [-0.39, 0.29) is 22.6 Å². The number of carbonyl (C=O) groups is 2. The van der Waals surface area contributed by atoms with Gasteiger partial charge in [-0.2, -0.15) is 8.78 Å². The second-order valence-electron chi connectivity index (χ2n) is 6.45. The van der Waals surface area contributed by atoms with E-state index in [1.807, 2.05) is 0 Å². The lowest BCUT2D eigenvalue weighted by molar-refractivity contribution is -0.113. The van der Waals surface area contributed by atoms with Crippen LogP contribution in [-0.4, -0.2) is 18.5 Å². The van der Waals surface area contributed by atoms with Gasteiger partial charge in [-0.05, 0) is 50.2 Å². The predicted molar refractivity (Wildman–Crippen MR) is 99.9 cm³/mol. The molecule has 9 heteroatoms. The molecule has 0 aromatic heterocycles. The van der Waals surface area contributed by atoms with Gasteiger partial charge in [-0.1, -0.05) is 11.6 Å². The van der Waals surface area contributed by atoms with Crippen molar-refractivity contribution in [2.24, 2.45) is 0 Å². The Bertz CT molecular complexity index is 975. The summed E-state index contributed by atoms with van der Waals surface area (Å²) < 4.78 is 43.4. The van der Waals surface area contributed by atoms with Crippen LogP contribution in [0, 0.1) is 12.7 Å². The number of halogens is 3. The van der Waals surface area contributed by atoms with Crippen LogP contribution in [0.5, 0.6) is 5.75 Å². The first-order chi connectivity index (χ1) is 13.7. The van der Waals surface area contributed by atoms with E-state index < -0.39 is 30.4 Å². The van der Waals surface area contributed by atoms with Crippen molar-refractivity contribution in [2.45, 2.75) is 26.5 Å². The first kappa shape index (κ1) is 20.2. The molecule has 3 N–H and O–H groups in total. The summed E-state index contributed by atoms with van der Waals surface area (Å²) in [6.45, 7) is 0.192. The van der Waals surface area contributed by atoms with Gasteiger partial charge in [0, 0.05) is 16.9 Å². The SMILES string of the molecule is CC1=C(C(=O)Nc2ccc(F)cc2)C(c2cc(C)ccc2OC(F)F)NC(=O)N1. The van der Waals surface area contributed by atoms with Gasteiger partial charge in [0.25, 0.3) is 5.91 Å². The predicted octanol–water partition coefficient (Wildman–Crippen LogP) is 4.00. The number of nitrogens with one attached hydrogen (secondary N) is 3. The highest BCUT2D eigenvalue weighted by Crippen LogP contribution is 2.35. The third-order valence-corrected chi connectivity index (χ3v) is 4.31. The van der Waals surface area contributed by atoms with Gasteiger partial charge in [0.1, 0.15) is 11.6 Å². The van der Waals surface area contributed by atoms with E-state index in [9.17, 15) is 22.8 Å². The zero-order valence-corrected chi connectivity index (χ0v) is 15.6. The monoisotopic (exact) mass is 405 g/mol. The Hall–Kier alpha value is -3.49. The van der Waals surface area contributed by atoms with Crippen molar-refractivity contribution in [1.29, 1.82) is 0 Å². The molecule has 1 atom stereocenters. The fourth-order valence-corrected chi connectivity index (χ4v) is 3.06. The summed E-state index contributed by atoms with van der Waals surface area (Å²) in [5.74, 6) is -1.20. The molecule has 2 aromatic carbocycles. The van der Waals surface area contributed by atoms with E-state index in [0.29, 0.717) is 5.69 Å². The Balaban J connectivity index is 2.01. The van der Waals surface area contributed by atoms with Crippen LogP contribution in [0.3, 0.4) is 0 Å². The van der Waals surface area contributed by atoms with E-state index in [1.165, 1.54) is 37.3 Å². The molecule has 1 unspecified atom stereocenters. The van der Waals surface area contributed by atoms with Gasteiger partial charge in [0.15, 0.2) is 0 Å². The van der Waals surface area contributed by atoms with E-state index in [0.717, 1.165) is 5.56 Å². The van der Waals surface area contributed by atoms with Crippen LogP contribution in [0.1, 0.15) is 24.1 Å². The number of anilines is 1. The summed E-state index contributed by atoms with van der Waals surface area (Å²) in [5, 5.41) is 7.69. The van der Waals surface area contributed by atoms with Crippen LogP contribution in [0.4, 0.5) is 23.7 Å². The maximum absolute atomic E-state index is 13.1. The number of rotatable bonds is 5. The molecule has 1 heterocycles. The van der Waals surface area contributed by atoms with Crippen molar-refractivity contribution >= 4 is 17.6 Å². The summed E-state index contributed by atoms with van der Waals surface area (Å²) in [4.78, 5) is 24.9. The summed E-state index contributed by atoms with van der Waals surface area (Å²) in [6, 6.07) is 8.01. The number of urea groups is 1. The molecular weight excluding hydrogens is 387 g/mol. The summed E-state index contributed by atoms with van der Waals surface area (Å²) in [5.41, 5.74) is 1.64. The van der Waals surface area contributed by atoms with Crippen molar-refractivity contribution in [3.63, 3.8) is 0 Å². The molecule has 0 saturated heterocycles.